The molecular weight excluding hydrogens is 449 g/mol. The van der Waals surface area contributed by atoms with Gasteiger partial charge in [-0.2, -0.15) is 0 Å². The number of ether oxygens (including phenoxy) is 1. The second-order valence-electron chi connectivity index (χ2n) is 4.43. The Morgan fingerprint density at radius 2 is 2.04 bits per heavy atom. The SMILES string of the molecule is O=C(COC(=O)CSc1ccc(Cl)c(Cl)c1Cl)Nc1ncc([N+](=O)[O-])s1. The number of rotatable bonds is 7. The Kier molecular flexibility index (Phi) is 7.47. The molecule has 2 rings (SSSR count). The van der Waals surface area contributed by atoms with Crippen LogP contribution in [-0.2, 0) is 14.3 Å². The number of amides is 1. The summed E-state index contributed by atoms with van der Waals surface area (Å²) >= 11 is 19.5. The molecule has 1 aromatic carbocycles. The fraction of sp³-hybridized carbons (Fsp3) is 0.154. The van der Waals surface area contributed by atoms with Gasteiger partial charge < -0.3 is 4.74 Å². The summed E-state index contributed by atoms with van der Waals surface area (Å²) in [6.45, 7) is -0.554. The van der Waals surface area contributed by atoms with E-state index in [1.807, 2.05) is 0 Å². The number of carbonyl (C=O) groups is 2. The summed E-state index contributed by atoms with van der Waals surface area (Å²) in [7, 11) is 0. The Balaban J connectivity index is 1.78. The number of halogens is 3. The molecule has 1 heterocycles. The van der Waals surface area contributed by atoms with Crippen LogP contribution in [0, 0.1) is 10.1 Å². The van der Waals surface area contributed by atoms with E-state index in [4.69, 9.17) is 39.5 Å². The lowest BCUT2D eigenvalue weighted by Crippen LogP contribution is -2.21. The number of thiazole rings is 1. The quantitative estimate of drug-likeness (QED) is 0.217. The minimum absolute atomic E-state index is 0.0368. The molecule has 138 valence electrons. The number of benzene rings is 1. The average Bonchev–Trinajstić information content (AvgIpc) is 3.06. The van der Waals surface area contributed by atoms with Crippen molar-refractivity contribution in [2.75, 3.05) is 17.7 Å². The van der Waals surface area contributed by atoms with Crippen LogP contribution in [0.15, 0.2) is 23.2 Å². The molecule has 8 nitrogen and oxygen atoms in total. The zero-order chi connectivity index (χ0) is 19.3. The Morgan fingerprint density at radius 3 is 2.69 bits per heavy atom. The third-order valence-corrected chi connectivity index (χ3v) is 5.93. The van der Waals surface area contributed by atoms with E-state index in [1.54, 1.807) is 12.1 Å². The molecule has 1 N–H and O–H groups in total. The molecule has 2 aromatic rings. The van der Waals surface area contributed by atoms with Crippen molar-refractivity contribution in [2.24, 2.45) is 0 Å². The summed E-state index contributed by atoms with van der Waals surface area (Å²) in [5, 5.41) is 13.4. The second kappa shape index (κ2) is 9.38. The summed E-state index contributed by atoms with van der Waals surface area (Å²) in [6.07, 6.45) is 1.02. The smallest absolute Gasteiger partial charge is 0.345 e. The third kappa shape index (κ3) is 5.71. The van der Waals surface area contributed by atoms with Gasteiger partial charge >= 0.3 is 11.0 Å². The van der Waals surface area contributed by atoms with Gasteiger partial charge in [0, 0.05) is 4.90 Å². The zero-order valence-corrected chi connectivity index (χ0v) is 16.4. The minimum atomic E-state index is -0.667. The zero-order valence-electron chi connectivity index (χ0n) is 12.5. The van der Waals surface area contributed by atoms with Crippen molar-refractivity contribution in [3.8, 4) is 0 Å². The molecule has 13 heteroatoms. The van der Waals surface area contributed by atoms with Gasteiger partial charge in [-0.15, -0.1) is 11.8 Å². The highest BCUT2D eigenvalue weighted by molar-refractivity contribution is 8.00. The van der Waals surface area contributed by atoms with Gasteiger partial charge in [0.15, 0.2) is 11.7 Å². The van der Waals surface area contributed by atoms with E-state index in [-0.39, 0.29) is 25.9 Å². The van der Waals surface area contributed by atoms with Crippen molar-refractivity contribution in [3.63, 3.8) is 0 Å². The minimum Gasteiger partial charge on any atom is -0.455 e. The monoisotopic (exact) mass is 455 g/mol. The van der Waals surface area contributed by atoms with Gasteiger partial charge in [-0.1, -0.05) is 34.8 Å². The van der Waals surface area contributed by atoms with Crippen LogP contribution in [0.25, 0.3) is 0 Å². The van der Waals surface area contributed by atoms with Crippen LogP contribution in [0.2, 0.25) is 15.1 Å². The third-order valence-electron chi connectivity index (χ3n) is 2.63. The summed E-state index contributed by atoms with van der Waals surface area (Å²) in [4.78, 5) is 37.5. The van der Waals surface area contributed by atoms with E-state index in [1.165, 1.54) is 0 Å². The van der Waals surface area contributed by atoms with Crippen LogP contribution in [0.4, 0.5) is 10.1 Å². The molecule has 0 saturated heterocycles. The van der Waals surface area contributed by atoms with Crippen molar-refractivity contribution >= 4 is 79.9 Å². The first-order valence-corrected chi connectivity index (χ1v) is 9.53. The molecule has 0 spiro atoms. The fourth-order valence-electron chi connectivity index (χ4n) is 1.51. The van der Waals surface area contributed by atoms with E-state index in [0.717, 1.165) is 18.0 Å². The average molecular weight is 457 g/mol. The number of nitro groups is 1. The Morgan fingerprint density at radius 1 is 1.31 bits per heavy atom. The maximum atomic E-state index is 11.7. The standard InChI is InChI=1S/C13H8Cl3N3O5S2/c14-6-1-2-7(12(16)11(6)15)25-5-10(21)24-4-8(20)18-13-17-3-9(26-13)19(22)23/h1-3H,4-5H2,(H,17,18,20). The Bertz CT molecular complexity index is 862. The van der Waals surface area contributed by atoms with Gasteiger partial charge in [0.05, 0.1) is 25.7 Å². The molecule has 1 amide bonds. The number of hydrogen-bond acceptors (Lipinski definition) is 8. The summed E-state index contributed by atoms with van der Waals surface area (Å²) in [5.74, 6) is -1.43. The molecule has 0 aliphatic carbocycles. The van der Waals surface area contributed by atoms with Gasteiger partial charge in [0.1, 0.15) is 6.20 Å². The number of nitrogens with zero attached hydrogens (tertiary/aromatic N) is 2. The van der Waals surface area contributed by atoms with E-state index < -0.39 is 23.4 Å². The highest BCUT2D eigenvalue weighted by atomic mass is 35.5. The predicted molar refractivity (Wildman–Crippen MR) is 101 cm³/mol. The van der Waals surface area contributed by atoms with Crippen molar-refractivity contribution < 1.29 is 19.2 Å². The van der Waals surface area contributed by atoms with Crippen LogP contribution in [0.5, 0.6) is 0 Å². The summed E-state index contributed by atoms with van der Waals surface area (Å²) < 4.78 is 4.81. The lowest BCUT2D eigenvalue weighted by Gasteiger charge is -2.07. The number of carbonyl (C=O) groups excluding carboxylic acids is 2. The highest BCUT2D eigenvalue weighted by Gasteiger charge is 2.15. The van der Waals surface area contributed by atoms with Gasteiger partial charge in [-0.25, -0.2) is 4.98 Å². The van der Waals surface area contributed by atoms with Gasteiger partial charge in [-0.05, 0) is 23.5 Å². The topological polar surface area (TPSA) is 111 Å². The lowest BCUT2D eigenvalue weighted by atomic mass is 10.4. The molecule has 26 heavy (non-hydrogen) atoms. The fourth-order valence-corrected chi connectivity index (χ4v) is 3.66. The normalized spacial score (nSPS) is 10.4. The van der Waals surface area contributed by atoms with Gasteiger partial charge in [0.2, 0.25) is 0 Å². The highest BCUT2D eigenvalue weighted by Crippen LogP contribution is 2.37. The molecule has 0 aliphatic heterocycles. The molecule has 0 fully saturated rings. The van der Waals surface area contributed by atoms with E-state index in [0.29, 0.717) is 21.3 Å². The first-order valence-electron chi connectivity index (χ1n) is 6.60. The largest absolute Gasteiger partial charge is 0.455 e. The Labute approximate surface area is 169 Å². The van der Waals surface area contributed by atoms with Crippen molar-refractivity contribution in [2.45, 2.75) is 4.90 Å². The number of hydrogen-bond donors (Lipinski definition) is 1. The molecule has 0 radical (unpaired) electrons. The van der Waals surface area contributed by atoms with Gasteiger partial charge in [0.25, 0.3) is 5.91 Å². The molecule has 0 bridgehead atoms. The van der Waals surface area contributed by atoms with Crippen LogP contribution >= 0.6 is 57.9 Å². The number of thioether (sulfide) groups is 1. The van der Waals surface area contributed by atoms with Crippen molar-refractivity contribution in [1.29, 1.82) is 0 Å². The molecule has 0 saturated carbocycles. The molecule has 0 atom stereocenters. The van der Waals surface area contributed by atoms with Gasteiger partial charge in [-0.3, -0.25) is 25.0 Å². The molecular formula is C13H8Cl3N3O5S2. The van der Waals surface area contributed by atoms with E-state index >= 15 is 0 Å². The summed E-state index contributed by atoms with van der Waals surface area (Å²) in [6, 6.07) is 3.15. The first-order chi connectivity index (χ1) is 12.3. The van der Waals surface area contributed by atoms with Crippen LogP contribution in [0.1, 0.15) is 0 Å². The molecule has 0 aliphatic rings. The number of nitrogens with one attached hydrogen (secondary N) is 1. The first kappa shape index (κ1) is 20.7. The second-order valence-corrected chi connectivity index (χ2v) is 7.62. The molecule has 1 aromatic heterocycles. The lowest BCUT2D eigenvalue weighted by molar-refractivity contribution is -0.380. The van der Waals surface area contributed by atoms with Crippen molar-refractivity contribution in [3.05, 3.63) is 43.5 Å². The number of aromatic nitrogens is 1. The predicted octanol–water partition coefficient (Wildman–Crippen LogP) is 4.29. The van der Waals surface area contributed by atoms with E-state index in [9.17, 15) is 19.7 Å². The number of esters is 1. The summed E-state index contributed by atoms with van der Waals surface area (Å²) in [5.41, 5.74) is 0. The Hall–Kier alpha value is -1.59. The molecule has 0 unspecified atom stereocenters. The number of anilines is 1. The maximum Gasteiger partial charge on any atom is 0.345 e. The van der Waals surface area contributed by atoms with Crippen LogP contribution in [0.3, 0.4) is 0 Å². The van der Waals surface area contributed by atoms with Crippen LogP contribution < -0.4 is 5.32 Å². The van der Waals surface area contributed by atoms with E-state index in [2.05, 4.69) is 10.3 Å². The van der Waals surface area contributed by atoms with Crippen molar-refractivity contribution in [1.82, 2.24) is 4.98 Å². The maximum absolute atomic E-state index is 11.7. The van der Waals surface area contributed by atoms with Crippen LogP contribution in [-0.4, -0.2) is 34.1 Å².